The van der Waals surface area contributed by atoms with Gasteiger partial charge in [-0.2, -0.15) is 0 Å². The van der Waals surface area contributed by atoms with E-state index in [4.69, 9.17) is 14.2 Å². The van der Waals surface area contributed by atoms with Crippen molar-refractivity contribution in [2.75, 3.05) is 20.5 Å². The van der Waals surface area contributed by atoms with Crippen LogP contribution in [0.4, 0.5) is 0 Å². The average molecular weight is 216 g/mol. The molecule has 0 unspecified atom stereocenters. The molecule has 88 valence electrons. The summed E-state index contributed by atoms with van der Waals surface area (Å²) in [5, 5.41) is 0. The van der Waals surface area contributed by atoms with E-state index in [0.29, 0.717) is 6.61 Å². The number of carbonyl (C=O) groups is 1. The van der Waals surface area contributed by atoms with Gasteiger partial charge < -0.3 is 14.2 Å². The third kappa shape index (κ3) is 3.80. The van der Waals surface area contributed by atoms with Gasteiger partial charge in [0.15, 0.2) is 0 Å². The van der Waals surface area contributed by atoms with Gasteiger partial charge in [0.1, 0.15) is 6.79 Å². The molecule has 1 saturated carbocycles. The fraction of sp³-hybridized carbons (Fsp3) is 0.909. The van der Waals surface area contributed by atoms with E-state index in [1.807, 2.05) is 6.92 Å². The molecule has 0 saturated heterocycles. The Bertz CT molecular complexity index is 193. The molecular formula is C11H20O4. The lowest BCUT2D eigenvalue weighted by Crippen LogP contribution is -2.35. The Balaban J connectivity index is 2.45. The monoisotopic (exact) mass is 216 g/mol. The van der Waals surface area contributed by atoms with Gasteiger partial charge >= 0.3 is 5.97 Å². The zero-order chi connectivity index (χ0) is 11.1. The van der Waals surface area contributed by atoms with E-state index in [2.05, 4.69) is 0 Å². The summed E-state index contributed by atoms with van der Waals surface area (Å²) in [5.41, 5.74) is 0. The first kappa shape index (κ1) is 12.5. The van der Waals surface area contributed by atoms with Gasteiger partial charge in [-0.1, -0.05) is 12.8 Å². The first-order chi connectivity index (χ1) is 7.29. The van der Waals surface area contributed by atoms with E-state index in [1.165, 1.54) is 0 Å². The number of carbonyl (C=O) groups excluding carboxylic acids is 1. The highest BCUT2D eigenvalue weighted by Crippen LogP contribution is 2.27. The number of hydrogen-bond acceptors (Lipinski definition) is 4. The fourth-order valence-electron chi connectivity index (χ4n) is 1.97. The quantitative estimate of drug-likeness (QED) is 0.518. The van der Waals surface area contributed by atoms with Crippen molar-refractivity contribution in [3.63, 3.8) is 0 Å². The third-order valence-corrected chi connectivity index (χ3v) is 2.69. The maximum Gasteiger partial charge on any atom is 0.311 e. The zero-order valence-electron chi connectivity index (χ0n) is 9.53. The summed E-state index contributed by atoms with van der Waals surface area (Å²) in [5.74, 6) is -0.229. The molecule has 0 aliphatic heterocycles. The fourth-order valence-corrected chi connectivity index (χ4v) is 1.97. The van der Waals surface area contributed by atoms with Crippen LogP contribution in [-0.2, 0) is 19.0 Å². The highest BCUT2D eigenvalue weighted by Gasteiger charge is 2.32. The molecule has 0 amide bonds. The summed E-state index contributed by atoms with van der Waals surface area (Å²) in [6.07, 6.45) is 3.96. The molecule has 0 N–H and O–H groups in total. The SMILES string of the molecule is CCOC(=O)[C@H]1CCCC[C@@H]1OCOC. The van der Waals surface area contributed by atoms with Crippen LogP contribution in [0.25, 0.3) is 0 Å². The molecule has 1 rings (SSSR count). The second-order valence-electron chi connectivity index (χ2n) is 3.75. The summed E-state index contributed by atoms with van der Waals surface area (Å²) in [4.78, 5) is 11.6. The summed E-state index contributed by atoms with van der Waals surface area (Å²) in [6, 6.07) is 0. The van der Waals surface area contributed by atoms with E-state index in [9.17, 15) is 4.79 Å². The zero-order valence-corrected chi connectivity index (χ0v) is 9.53. The lowest BCUT2D eigenvalue weighted by molar-refractivity contribution is -0.162. The molecule has 1 aliphatic rings. The Morgan fingerprint density at radius 2 is 2.07 bits per heavy atom. The number of hydrogen-bond donors (Lipinski definition) is 0. The minimum absolute atomic E-state index is 0.0299. The van der Waals surface area contributed by atoms with Crippen LogP contribution in [-0.4, -0.2) is 32.6 Å². The predicted octanol–water partition coefficient (Wildman–Crippen LogP) is 1.73. The van der Waals surface area contributed by atoms with Crippen LogP contribution < -0.4 is 0 Å². The molecule has 4 heteroatoms. The smallest absolute Gasteiger partial charge is 0.311 e. The highest BCUT2D eigenvalue weighted by atomic mass is 16.7. The van der Waals surface area contributed by atoms with Crippen molar-refractivity contribution in [1.29, 1.82) is 0 Å². The van der Waals surface area contributed by atoms with Gasteiger partial charge in [-0.3, -0.25) is 4.79 Å². The molecule has 2 atom stereocenters. The summed E-state index contributed by atoms with van der Waals surface area (Å²) in [6.45, 7) is 2.51. The van der Waals surface area contributed by atoms with Crippen LogP contribution in [0.1, 0.15) is 32.6 Å². The highest BCUT2D eigenvalue weighted by molar-refractivity contribution is 5.73. The first-order valence-corrected chi connectivity index (χ1v) is 5.56. The predicted molar refractivity (Wildman–Crippen MR) is 55.3 cm³/mol. The average Bonchev–Trinajstić information content (AvgIpc) is 2.27. The van der Waals surface area contributed by atoms with E-state index >= 15 is 0 Å². The van der Waals surface area contributed by atoms with Crippen LogP contribution >= 0.6 is 0 Å². The molecule has 1 aliphatic carbocycles. The summed E-state index contributed by atoms with van der Waals surface area (Å²) in [7, 11) is 1.59. The number of ether oxygens (including phenoxy) is 3. The Hall–Kier alpha value is -0.610. The van der Waals surface area contributed by atoms with Crippen LogP contribution in [0.3, 0.4) is 0 Å². The Morgan fingerprint density at radius 1 is 1.33 bits per heavy atom. The van der Waals surface area contributed by atoms with E-state index < -0.39 is 0 Å². The van der Waals surface area contributed by atoms with Crippen molar-refractivity contribution in [2.45, 2.75) is 38.7 Å². The second kappa shape index (κ2) is 6.80. The Kier molecular flexibility index (Phi) is 5.65. The van der Waals surface area contributed by atoms with Crippen molar-refractivity contribution < 1.29 is 19.0 Å². The van der Waals surface area contributed by atoms with Crippen LogP contribution in [0, 0.1) is 5.92 Å². The molecule has 0 heterocycles. The molecule has 0 bridgehead atoms. The van der Waals surface area contributed by atoms with E-state index in [-0.39, 0.29) is 24.8 Å². The standard InChI is InChI=1S/C11H20O4/c1-3-14-11(12)9-6-4-5-7-10(9)15-8-13-2/h9-10H,3-8H2,1-2H3/t9-,10-/m0/s1. The minimum Gasteiger partial charge on any atom is -0.466 e. The second-order valence-corrected chi connectivity index (χ2v) is 3.75. The van der Waals surface area contributed by atoms with Crippen LogP contribution in [0.5, 0.6) is 0 Å². The van der Waals surface area contributed by atoms with Crippen LogP contribution in [0.15, 0.2) is 0 Å². The number of methoxy groups -OCH3 is 1. The summed E-state index contributed by atoms with van der Waals surface area (Å²) < 4.78 is 15.4. The maximum atomic E-state index is 11.6. The van der Waals surface area contributed by atoms with Gasteiger partial charge in [0.2, 0.25) is 0 Å². The molecule has 0 aromatic rings. The van der Waals surface area contributed by atoms with Gasteiger partial charge in [-0.15, -0.1) is 0 Å². The van der Waals surface area contributed by atoms with Crippen molar-refractivity contribution in [2.24, 2.45) is 5.92 Å². The van der Waals surface area contributed by atoms with E-state index in [0.717, 1.165) is 25.7 Å². The normalized spacial score (nSPS) is 26.3. The lowest BCUT2D eigenvalue weighted by atomic mass is 9.86. The van der Waals surface area contributed by atoms with E-state index in [1.54, 1.807) is 7.11 Å². The number of rotatable bonds is 5. The number of esters is 1. The van der Waals surface area contributed by atoms with Gasteiger partial charge in [0.25, 0.3) is 0 Å². The topological polar surface area (TPSA) is 44.8 Å². The molecule has 4 nitrogen and oxygen atoms in total. The molecule has 15 heavy (non-hydrogen) atoms. The van der Waals surface area contributed by atoms with Crippen molar-refractivity contribution in [3.8, 4) is 0 Å². The molecule has 0 radical (unpaired) electrons. The van der Waals surface area contributed by atoms with Crippen LogP contribution in [0.2, 0.25) is 0 Å². The van der Waals surface area contributed by atoms with Gasteiger partial charge in [-0.05, 0) is 19.8 Å². The van der Waals surface area contributed by atoms with Gasteiger partial charge in [-0.25, -0.2) is 0 Å². The Labute approximate surface area is 90.9 Å². The maximum absolute atomic E-state index is 11.6. The third-order valence-electron chi connectivity index (χ3n) is 2.69. The largest absolute Gasteiger partial charge is 0.466 e. The van der Waals surface area contributed by atoms with Gasteiger partial charge in [0.05, 0.1) is 18.6 Å². The summed E-state index contributed by atoms with van der Waals surface area (Å²) >= 11 is 0. The molecule has 0 aromatic carbocycles. The Morgan fingerprint density at radius 3 is 2.73 bits per heavy atom. The van der Waals surface area contributed by atoms with Crippen molar-refractivity contribution in [1.82, 2.24) is 0 Å². The minimum atomic E-state index is -0.127. The van der Waals surface area contributed by atoms with Crippen molar-refractivity contribution in [3.05, 3.63) is 0 Å². The molecule has 1 fully saturated rings. The van der Waals surface area contributed by atoms with Crippen molar-refractivity contribution >= 4 is 5.97 Å². The first-order valence-electron chi connectivity index (χ1n) is 5.56. The molecule has 0 aromatic heterocycles. The lowest BCUT2D eigenvalue weighted by Gasteiger charge is -2.29. The molecular weight excluding hydrogens is 196 g/mol. The molecule has 0 spiro atoms. The van der Waals surface area contributed by atoms with Gasteiger partial charge in [0, 0.05) is 7.11 Å².